The van der Waals surface area contributed by atoms with Gasteiger partial charge in [-0.2, -0.15) is 0 Å². The highest BCUT2D eigenvalue weighted by Crippen LogP contribution is 2.30. The fourth-order valence-electron chi connectivity index (χ4n) is 4.86. The van der Waals surface area contributed by atoms with Crippen LogP contribution in [0.25, 0.3) is 10.8 Å². The van der Waals surface area contributed by atoms with Crippen molar-refractivity contribution in [2.24, 2.45) is 0 Å². The molecule has 0 aliphatic heterocycles. The number of fused-ring (bicyclic) bond motifs is 1. The van der Waals surface area contributed by atoms with Crippen LogP contribution in [0.3, 0.4) is 0 Å². The normalized spacial score (nSPS) is 12.5. The van der Waals surface area contributed by atoms with Crippen molar-refractivity contribution >= 4 is 61.5 Å². The molecule has 0 spiro atoms. The number of halogens is 2. The number of sulfonamides is 1. The van der Waals surface area contributed by atoms with Crippen LogP contribution in [0.4, 0.5) is 5.69 Å². The van der Waals surface area contributed by atoms with Crippen molar-refractivity contribution in [1.29, 1.82) is 0 Å². The van der Waals surface area contributed by atoms with Gasteiger partial charge in [0, 0.05) is 33.9 Å². The van der Waals surface area contributed by atoms with E-state index in [0.29, 0.717) is 26.7 Å². The summed E-state index contributed by atoms with van der Waals surface area (Å²) < 4.78 is 27.5. The van der Waals surface area contributed by atoms with Crippen molar-refractivity contribution in [3.8, 4) is 0 Å². The van der Waals surface area contributed by atoms with Gasteiger partial charge in [0.15, 0.2) is 0 Å². The zero-order valence-corrected chi connectivity index (χ0v) is 26.9. The minimum Gasteiger partial charge on any atom is -0.350 e. The molecule has 0 saturated carbocycles. The summed E-state index contributed by atoms with van der Waals surface area (Å²) in [5.74, 6) is -0.930. The average molecular weight is 641 g/mol. The number of nitrogens with one attached hydrogen (secondary N) is 1. The van der Waals surface area contributed by atoms with Crippen LogP contribution in [0.5, 0.6) is 0 Å². The molecule has 7 nitrogen and oxygen atoms in total. The fourth-order valence-corrected chi connectivity index (χ4v) is 6.19. The number of carbonyl (C=O) groups excluding carboxylic acids is 2. The summed E-state index contributed by atoms with van der Waals surface area (Å²) in [4.78, 5) is 29.6. The molecule has 0 saturated heterocycles. The molecule has 4 rings (SSSR count). The zero-order chi connectivity index (χ0) is 31.4. The summed E-state index contributed by atoms with van der Waals surface area (Å²) in [6.45, 7) is 5.01. The second kappa shape index (κ2) is 13.4. The molecule has 4 aromatic carbocycles. The number of hydrogen-bond acceptors (Lipinski definition) is 4. The monoisotopic (exact) mass is 639 g/mol. The maximum Gasteiger partial charge on any atom is 0.244 e. The number of hydrogen-bond donors (Lipinski definition) is 1. The van der Waals surface area contributed by atoms with E-state index in [2.05, 4.69) is 5.32 Å². The van der Waals surface area contributed by atoms with E-state index < -0.39 is 34.1 Å². The second-order valence-electron chi connectivity index (χ2n) is 11.5. The van der Waals surface area contributed by atoms with Crippen LogP contribution in [0, 0.1) is 0 Å². The number of carbonyl (C=O) groups is 2. The summed E-state index contributed by atoms with van der Waals surface area (Å²) in [7, 11) is -3.92. The van der Waals surface area contributed by atoms with Crippen LogP contribution in [-0.4, -0.2) is 49.5 Å². The lowest BCUT2D eigenvalue weighted by Gasteiger charge is -2.35. The topological polar surface area (TPSA) is 86.8 Å². The molecule has 1 N–H and O–H groups in total. The van der Waals surface area contributed by atoms with Gasteiger partial charge in [0.1, 0.15) is 12.6 Å². The quantitative estimate of drug-likeness (QED) is 0.216. The van der Waals surface area contributed by atoms with Gasteiger partial charge in [0.2, 0.25) is 21.8 Å². The Hall–Kier alpha value is -3.59. The zero-order valence-electron chi connectivity index (χ0n) is 24.6. The molecule has 226 valence electrons. The first-order valence-corrected chi connectivity index (χ1v) is 16.4. The van der Waals surface area contributed by atoms with Crippen LogP contribution >= 0.6 is 23.2 Å². The molecule has 0 heterocycles. The average Bonchev–Trinajstić information content (AvgIpc) is 2.93. The number of rotatable bonds is 10. The highest BCUT2D eigenvalue weighted by Gasteiger charge is 2.35. The van der Waals surface area contributed by atoms with Crippen molar-refractivity contribution < 1.29 is 18.0 Å². The Kier molecular flexibility index (Phi) is 10.1. The van der Waals surface area contributed by atoms with E-state index in [0.717, 1.165) is 21.5 Å². The molecule has 0 aromatic heterocycles. The van der Waals surface area contributed by atoms with Gasteiger partial charge in [0.05, 0.1) is 11.9 Å². The summed E-state index contributed by atoms with van der Waals surface area (Å²) >= 11 is 12.7. The highest BCUT2D eigenvalue weighted by molar-refractivity contribution is 7.92. The Morgan fingerprint density at radius 3 is 2.19 bits per heavy atom. The van der Waals surface area contributed by atoms with Gasteiger partial charge >= 0.3 is 0 Å². The van der Waals surface area contributed by atoms with Crippen LogP contribution in [0.1, 0.15) is 31.9 Å². The Morgan fingerprint density at radius 1 is 0.884 bits per heavy atom. The van der Waals surface area contributed by atoms with E-state index in [-0.39, 0.29) is 18.9 Å². The first-order valence-electron chi connectivity index (χ1n) is 13.8. The van der Waals surface area contributed by atoms with Gasteiger partial charge in [-0.1, -0.05) is 96.0 Å². The number of amides is 2. The summed E-state index contributed by atoms with van der Waals surface area (Å²) in [5, 5.41) is 5.27. The third kappa shape index (κ3) is 8.50. The van der Waals surface area contributed by atoms with Crippen molar-refractivity contribution in [2.45, 2.75) is 45.3 Å². The van der Waals surface area contributed by atoms with E-state index in [4.69, 9.17) is 23.2 Å². The number of nitrogens with zero attached hydrogens (tertiary/aromatic N) is 2. The van der Waals surface area contributed by atoms with Crippen molar-refractivity contribution in [3.63, 3.8) is 0 Å². The van der Waals surface area contributed by atoms with E-state index in [1.54, 1.807) is 30.3 Å². The number of benzene rings is 4. The molecule has 0 bridgehead atoms. The van der Waals surface area contributed by atoms with Gasteiger partial charge in [-0.05, 0) is 55.5 Å². The third-order valence-corrected chi connectivity index (χ3v) is 8.55. The predicted octanol–water partition coefficient (Wildman–Crippen LogP) is 6.47. The van der Waals surface area contributed by atoms with Crippen molar-refractivity contribution in [2.75, 3.05) is 17.1 Å². The molecule has 1 atom stereocenters. The largest absolute Gasteiger partial charge is 0.350 e. The molecule has 0 radical (unpaired) electrons. The molecule has 0 aliphatic rings. The summed E-state index contributed by atoms with van der Waals surface area (Å²) in [5.41, 5.74) is 1.19. The summed E-state index contributed by atoms with van der Waals surface area (Å²) in [6.07, 6.45) is 1.27. The van der Waals surface area contributed by atoms with E-state index in [1.807, 2.05) is 81.4 Å². The molecular formula is C33H35Cl2N3O4S. The van der Waals surface area contributed by atoms with Gasteiger partial charge in [-0.3, -0.25) is 13.9 Å². The minimum atomic E-state index is -3.92. The van der Waals surface area contributed by atoms with Crippen molar-refractivity contribution in [3.05, 3.63) is 112 Å². The highest BCUT2D eigenvalue weighted by atomic mass is 35.5. The molecule has 1 unspecified atom stereocenters. The fraction of sp³-hybridized carbons (Fsp3) is 0.273. The predicted molar refractivity (Wildman–Crippen MR) is 175 cm³/mol. The Balaban J connectivity index is 1.82. The first-order chi connectivity index (χ1) is 20.2. The van der Waals surface area contributed by atoms with Gasteiger partial charge in [-0.15, -0.1) is 0 Å². The van der Waals surface area contributed by atoms with E-state index in [1.165, 1.54) is 4.90 Å². The number of anilines is 1. The Bertz CT molecular complexity index is 1720. The lowest BCUT2D eigenvalue weighted by atomic mass is 10.0. The molecule has 10 heteroatoms. The molecule has 4 aromatic rings. The van der Waals surface area contributed by atoms with Crippen LogP contribution in [0.15, 0.2) is 91.0 Å². The maximum absolute atomic E-state index is 14.4. The molecule has 0 aliphatic carbocycles. The first kappa shape index (κ1) is 32.3. The Labute approximate surface area is 263 Å². The third-order valence-electron chi connectivity index (χ3n) is 6.84. The lowest BCUT2D eigenvalue weighted by molar-refractivity contribution is -0.140. The van der Waals surface area contributed by atoms with Crippen LogP contribution < -0.4 is 9.62 Å². The Morgan fingerprint density at radius 2 is 1.53 bits per heavy atom. The molecule has 43 heavy (non-hydrogen) atoms. The van der Waals surface area contributed by atoms with Gasteiger partial charge in [-0.25, -0.2) is 8.42 Å². The smallest absolute Gasteiger partial charge is 0.244 e. The van der Waals surface area contributed by atoms with Gasteiger partial charge in [0.25, 0.3) is 0 Å². The SMILES string of the molecule is CC(C)(C)NC(=O)C(Cc1ccccc1)N(Cc1ccc(Cl)cc1Cl)C(=O)CN(c1cccc2ccccc12)S(C)(=O)=O. The standard InChI is InChI=1S/C33H35Cl2N3O4S/c1-33(2,3)36-32(40)30(19-23-11-6-5-7-12-23)37(21-25-17-18-26(34)20-28(25)35)31(39)22-38(43(4,41)42)29-16-10-14-24-13-8-9-15-27(24)29/h5-18,20,30H,19,21-22H2,1-4H3,(H,36,40). The van der Waals surface area contributed by atoms with Crippen LogP contribution in [-0.2, 0) is 32.6 Å². The second-order valence-corrected chi connectivity index (χ2v) is 14.2. The van der Waals surface area contributed by atoms with E-state index >= 15 is 0 Å². The molecule has 2 amide bonds. The van der Waals surface area contributed by atoms with Crippen molar-refractivity contribution in [1.82, 2.24) is 10.2 Å². The summed E-state index contributed by atoms with van der Waals surface area (Å²) in [6, 6.07) is 26.0. The van der Waals surface area contributed by atoms with E-state index in [9.17, 15) is 18.0 Å². The van der Waals surface area contributed by atoms with Crippen LogP contribution in [0.2, 0.25) is 10.0 Å². The minimum absolute atomic E-state index is 0.0446. The van der Waals surface area contributed by atoms with Gasteiger partial charge < -0.3 is 10.2 Å². The maximum atomic E-state index is 14.4. The lowest BCUT2D eigenvalue weighted by Crippen LogP contribution is -2.56. The molecular weight excluding hydrogens is 605 g/mol. The molecule has 0 fully saturated rings.